The highest BCUT2D eigenvalue weighted by molar-refractivity contribution is 6.09. The molecule has 9 nitrogen and oxygen atoms in total. The zero-order valence-electron chi connectivity index (χ0n) is 17.9. The van der Waals surface area contributed by atoms with E-state index >= 15 is 0 Å². The van der Waals surface area contributed by atoms with E-state index in [4.69, 9.17) is 9.15 Å². The molecule has 2 aromatic rings. The van der Waals surface area contributed by atoms with Gasteiger partial charge in [0.2, 0.25) is 0 Å². The number of urea groups is 1. The van der Waals surface area contributed by atoms with E-state index in [1.165, 1.54) is 5.01 Å². The van der Waals surface area contributed by atoms with Crippen LogP contribution in [0.3, 0.4) is 0 Å². The van der Waals surface area contributed by atoms with Gasteiger partial charge in [-0.05, 0) is 67.6 Å². The standard InChI is InChI=1S/C23H24N4O5/c1-23(15-7-8-15)21(29)26(22(30)24-23)13-20(28)27-18(19-4-3-11-32-19)12-17(25-27)14-5-9-16(31-2)10-6-14/h3-6,9-11,15,18H,7-8,12-13H2,1-2H3,(H,24,30)/t18-,23-/m0/s1. The molecule has 3 aliphatic rings. The third-order valence-corrected chi connectivity index (χ3v) is 6.45. The van der Waals surface area contributed by atoms with Crippen LogP contribution in [0.1, 0.15) is 43.6 Å². The smallest absolute Gasteiger partial charge is 0.325 e. The van der Waals surface area contributed by atoms with Gasteiger partial charge in [-0.2, -0.15) is 5.10 Å². The van der Waals surface area contributed by atoms with Gasteiger partial charge in [-0.3, -0.25) is 14.5 Å². The van der Waals surface area contributed by atoms with Gasteiger partial charge in [0, 0.05) is 6.42 Å². The molecule has 1 aromatic heterocycles. The quantitative estimate of drug-likeness (QED) is 0.701. The highest BCUT2D eigenvalue weighted by Gasteiger charge is 2.56. The van der Waals surface area contributed by atoms with Crippen molar-refractivity contribution < 1.29 is 23.5 Å². The second-order valence-electron chi connectivity index (χ2n) is 8.55. The second kappa shape index (κ2) is 7.51. The van der Waals surface area contributed by atoms with Gasteiger partial charge >= 0.3 is 6.03 Å². The summed E-state index contributed by atoms with van der Waals surface area (Å²) in [5.74, 6) is 0.636. The first-order valence-corrected chi connectivity index (χ1v) is 10.6. The maximum atomic E-state index is 13.3. The lowest BCUT2D eigenvalue weighted by Gasteiger charge is -2.23. The van der Waals surface area contributed by atoms with Gasteiger partial charge in [0.15, 0.2) is 0 Å². The molecule has 0 bridgehead atoms. The minimum atomic E-state index is -0.930. The Morgan fingerprint density at radius 3 is 2.62 bits per heavy atom. The number of hydrogen-bond donors (Lipinski definition) is 1. The molecule has 2 fully saturated rings. The Morgan fingerprint density at radius 2 is 2.00 bits per heavy atom. The van der Waals surface area contributed by atoms with Crippen molar-refractivity contribution >= 4 is 23.6 Å². The molecule has 32 heavy (non-hydrogen) atoms. The second-order valence-corrected chi connectivity index (χ2v) is 8.55. The first-order valence-electron chi connectivity index (χ1n) is 10.6. The Kier molecular flexibility index (Phi) is 4.76. The molecule has 3 heterocycles. The number of furan rings is 1. The van der Waals surface area contributed by atoms with Crippen LogP contribution in [0.25, 0.3) is 0 Å². The summed E-state index contributed by atoms with van der Waals surface area (Å²) in [7, 11) is 1.60. The summed E-state index contributed by atoms with van der Waals surface area (Å²) in [5.41, 5.74) is 0.636. The molecular formula is C23H24N4O5. The highest BCUT2D eigenvalue weighted by Crippen LogP contribution is 2.42. The molecule has 166 valence electrons. The van der Waals surface area contributed by atoms with Crippen LogP contribution in [-0.4, -0.2) is 52.7 Å². The Balaban J connectivity index is 1.39. The Bertz CT molecular complexity index is 1090. The summed E-state index contributed by atoms with van der Waals surface area (Å²) in [6.45, 7) is 1.36. The summed E-state index contributed by atoms with van der Waals surface area (Å²) in [6.07, 6.45) is 3.78. The van der Waals surface area contributed by atoms with E-state index in [9.17, 15) is 14.4 Å². The summed E-state index contributed by atoms with van der Waals surface area (Å²) in [5, 5.41) is 8.65. The number of hydrogen-bond acceptors (Lipinski definition) is 6. The van der Waals surface area contributed by atoms with Gasteiger partial charge < -0.3 is 14.5 Å². The fraction of sp³-hybridized carbons (Fsp3) is 0.391. The van der Waals surface area contributed by atoms with Gasteiger partial charge in [0.05, 0.1) is 19.1 Å². The molecule has 0 radical (unpaired) electrons. The summed E-state index contributed by atoms with van der Waals surface area (Å²) in [6, 6.07) is 9.96. The predicted molar refractivity (Wildman–Crippen MR) is 114 cm³/mol. The molecular weight excluding hydrogens is 412 g/mol. The van der Waals surface area contributed by atoms with E-state index in [-0.39, 0.29) is 18.4 Å². The minimum Gasteiger partial charge on any atom is -0.497 e. The van der Waals surface area contributed by atoms with Crippen LogP contribution in [0, 0.1) is 5.92 Å². The van der Waals surface area contributed by atoms with Gasteiger partial charge in [-0.1, -0.05) is 0 Å². The fourth-order valence-corrected chi connectivity index (χ4v) is 4.41. The van der Waals surface area contributed by atoms with E-state index < -0.39 is 23.5 Å². The van der Waals surface area contributed by atoms with Gasteiger partial charge in [-0.25, -0.2) is 9.80 Å². The SMILES string of the molecule is COc1ccc(C2=NN(C(=O)CN3C(=O)N[C@@](C)(C4CC4)C3=O)[C@H](c3ccco3)C2)cc1. The molecule has 1 N–H and O–H groups in total. The third-order valence-electron chi connectivity index (χ3n) is 6.45. The number of benzene rings is 1. The lowest BCUT2D eigenvalue weighted by Crippen LogP contribution is -2.47. The topological polar surface area (TPSA) is 104 Å². The number of methoxy groups -OCH3 is 1. The van der Waals surface area contributed by atoms with E-state index in [1.807, 2.05) is 24.3 Å². The van der Waals surface area contributed by atoms with Gasteiger partial charge in [-0.15, -0.1) is 0 Å². The summed E-state index contributed by atoms with van der Waals surface area (Å²) < 4.78 is 10.8. The molecule has 4 amide bonds. The number of rotatable bonds is 6. The number of imide groups is 1. The number of ether oxygens (including phenoxy) is 1. The van der Waals surface area contributed by atoms with Crippen molar-refractivity contribution in [3.05, 3.63) is 54.0 Å². The van der Waals surface area contributed by atoms with Crippen molar-refractivity contribution in [1.29, 1.82) is 0 Å². The normalized spacial score (nSPS) is 25.2. The minimum absolute atomic E-state index is 0.126. The Hall–Kier alpha value is -3.62. The molecule has 5 rings (SSSR count). The monoisotopic (exact) mass is 436 g/mol. The average Bonchev–Trinajstić information content (AvgIpc) is 3.26. The maximum absolute atomic E-state index is 13.3. The van der Waals surface area contributed by atoms with Crippen molar-refractivity contribution in [3.63, 3.8) is 0 Å². The van der Waals surface area contributed by atoms with Crippen LogP contribution in [0.15, 0.2) is 52.2 Å². The predicted octanol–water partition coefficient (Wildman–Crippen LogP) is 2.69. The van der Waals surface area contributed by atoms with Crippen LogP contribution in [-0.2, 0) is 9.59 Å². The lowest BCUT2D eigenvalue weighted by atomic mass is 9.96. The first kappa shape index (κ1) is 20.3. The first-order chi connectivity index (χ1) is 15.4. The summed E-state index contributed by atoms with van der Waals surface area (Å²) in [4.78, 5) is 39.7. The Labute approximate surface area is 185 Å². The number of nitrogens with zero attached hydrogens (tertiary/aromatic N) is 3. The molecule has 1 saturated heterocycles. The van der Waals surface area contributed by atoms with E-state index in [1.54, 1.807) is 32.4 Å². The van der Waals surface area contributed by atoms with Crippen molar-refractivity contribution in [2.45, 2.75) is 37.8 Å². The van der Waals surface area contributed by atoms with Crippen molar-refractivity contribution in [2.75, 3.05) is 13.7 Å². The fourth-order valence-electron chi connectivity index (χ4n) is 4.41. The van der Waals surface area contributed by atoms with E-state index in [0.29, 0.717) is 17.9 Å². The average molecular weight is 436 g/mol. The van der Waals surface area contributed by atoms with Crippen LogP contribution < -0.4 is 10.1 Å². The molecule has 2 aliphatic heterocycles. The number of hydrazone groups is 1. The van der Waals surface area contributed by atoms with Crippen LogP contribution in [0.2, 0.25) is 0 Å². The zero-order valence-corrected chi connectivity index (χ0v) is 17.9. The molecule has 0 unspecified atom stereocenters. The van der Waals surface area contributed by atoms with E-state index in [0.717, 1.165) is 29.1 Å². The summed E-state index contributed by atoms with van der Waals surface area (Å²) >= 11 is 0. The van der Waals surface area contributed by atoms with Crippen LogP contribution in [0.5, 0.6) is 5.75 Å². The zero-order chi connectivity index (χ0) is 22.5. The van der Waals surface area contributed by atoms with Gasteiger partial charge in [0.25, 0.3) is 11.8 Å². The molecule has 2 atom stereocenters. The van der Waals surface area contributed by atoms with Crippen molar-refractivity contribution in [1.82, 2.24) is 15.2 Å². The highest BCUT2D eigenvalue weighted by atomic mass is 16.5. The number of amides is 4. The molecule has 1 aromatic carbocycles. The van der Waals surface area contributed by atoms with Crippen molar-refractivity contribution in [3.8, 4) is 5.75 Å². The van der Waals surface area contributed by atoms with Crippen LogP contribution >= 0.6 is 0 Å². The van der Waals surface area contributed by atoms with Crippen LogP contribution in [0.4, 0.5) is 4.79 Å². The lowest BCUT2D eigenvalue weighted by molar-refractivity contribution is -0.140. The Morgan fingerprint density at radius 1 is 1.25 bits per heavy atom. The number of carbonyl (C=O) groups is 3. The molecule has 1 saturated carbocycles. The maximum Gasteiger partial charge on any atom is 0.325 e. The molecule has 9 heteroatoms. The molecule has 1 aliphatic carbocycles. The molecule has 0 spiro atoms. The number of nitrogens with one attached hydrogen (secondary N) is 1. The third kappa shape index (κ3) is 3.34. The van der Waals surface area contributed by atoms with Gasteiger partial charge in [0.1, 0.15) is 29.6 Å². The number of carbonyl (C=O) groups excluding carboxylic acids is 3. The largest absolute Gasteiger partial charge is 0.497 e. The van der Waals surface area contributed by atoms with E-state index in [2.05, 4.69) is 10.4 Å². The van der Waals surface area contributed by atoms with Crippen molar-refractivity contribution in [2.24, 2.45) is 11.0 Å².